The molecule has 1 unspecified atom stereocenters. The van der Waals surface area contributed by atoms with E-state index in [1.807, 2.05) is 30.0 Å². The summed E-state index contributed by atoms with van der Waals surface area (Å²) in [7, 11) is 1.71. The Bertz CT molecular complexity index is 509. The molecular weight excluding hydrogens is 296 g/mol. The second kappa shape index (κ2) is 7.27. The highest BCUT2D eigenvalue weighted by molar-refractivity contribution is 8.00. The highest BCUT2D eigenvalue weighted by Gasteiger charge is 2.29. The van der Waals surface area contributed by atoms with E-state index in [0.717, 1.165) is 49.8 Å². The lowest BCUT2D eigenvalue weighted by atomic mass is 10.1. The minimum Gasteiger partial charge on any atom is -0.495 e. The zero-order valence-corrected chi connectivity index (χ0v) is 14.0. The van der Waals surface area contributed by atoms with Crippen molar-refractivity contribution in [1.29, 1.82) is 0 Å². The highest BCUT2D eigenvalue weighted by atomic mass is 32.2. The second-order valence-electron chi connectivity index (χ2n) is 5.84. The van der Waals surface area contributed by atoms with Gasteiger partial charge in [-0.25, -0.2) is 0 Å². The van der Waals surface area contributed by atoms with Crippen LogP contribution < -0.4 is 9.64 Å². The van der Waals surface area contributed by atoms with Gasteiger partial charge in [-0.05, 0) is 30.7 Å². The van der Waals surface area contributed by atoms with E-state index < -0.39 is 0 Å². The number of piperazine rings is 1. The molecule has 4 nitrogen and oxygen atoms in total. The molecule has 0 spiro atoms. The number of ether oxygens (including phenoxy) is 1. The van der Waals surface area contributed by atoms with Crippen LogP contribution in [0.4, 0.5) is 5.69 Å². The van der Waals surface area contributed by atoms with Gasteiger partial charge in [0.05, 0.1) is 18.0 Å². The average molecular weight is 320 g/mol. The van der Waals surface area contributed by atoms with Crippen LogP contribution in [0.2, 0.25) is 0 Å². The van der Waals surface area contributed by atoms with Crippen LogP contribution in [0.3, 0.4) is 0 Å². The van der Waals surface area contributed by atoms with Crippen molar-refractivity contribution in [3.63, 3.8) is 0 Å². The number of hydrogen-bond acceptors (Lipinski definition) is 4. The lowest BCUT2D eigenvalue weighted by molar-refractivity contribution is -0.131. The van der Waals surface area contributed by atoms with Gasteiger partial charge in [0, 0.05) is 26.2 Å². The first-order valence-electron chi connectivity index (χ1n) is 8.08. The molecule has 3 rings (SSSR count). The van der Waals surface area contributed by atoms with E-state index in [9.17, 15) is 4.79 Å². The van der Waals surface area contributed by atoms with E-state index in [2.05, 4.69) is 15.9 Å². The van der Waals surface area contributed by atoms with Gasteiger partial charge in [-0.15, -0.1) is 11.8 Å². The van der Waals surface area contributed by atoms with Crippen molar-refractivity contribution in [2.45, 2.75) is 24.5 Å². The van der Waals surface area contributed by atoms with Gasteiger partial charge in [-0.1, -0.05) is 18.6 Å². The largest absolute Gasteiger partial charge is 0.495 e. The summed E-state index contributed by atoms with van der Waals surface area (Å²) in [4.78, 5) is 16.9. The van der Waals surface area contributed by atoms with Crippen molar-refractivity contribution >= 4 is 23.4 Å². The van der Waals surface area contributed by atoms with E-state index in [1.54, 1.807) is 7.11 Å². The van der Waals surface area contributed by atoms with Crippen LogP contribution in [0.15, 0.2) is 24.3 Å². The fourth-order valence-corrected chi connectivity index (χ4v) is 4.48. The molecule has 0 N–H and O–H groups in total. The van der Waals surface area contributed by atoms with E-state index in [-0.39, 0.29) is 5.25 Å². The lowest BCUT2D eigenvalue weighted by Crippen LogP contribution is -2.51. The zero-order valence-electron chi connectivity index (χ0n) is 13.2. The summed E-state index contributed by atoms with van der Waals surface area (Å²) >= 11 is 1.84. The van der Waals surface area contributed by atoms with Crippen LogP contribution in [0.25, 0.3) is 0 Å². The minimum absolute atomic E-state index is 0.201. The van der Waals surface area contributed by atoms with E-state index >= 15 is 0 Å². The summed E-state index contributed by atoms with van der Waals surface area (Å²) in [5.41, 5.74) is 1.13. The molecule has 2 heterocycles. The van der Waals surface area contributed by atoms with Gasteiger partial charge in [0.25, 0.3) is 0 Å². The molecule has 1 aromatic carbocycles. The normalized spacial score (nSPS) is 22.5. The molecule has 2 aliphatic heterocycles. The maximum absolute atomic E-state index is 12.6. The average Bonchev–Trinajstić information content (AvgIpc) is 2.62. The first-order chi connectivity index (χ1) is 10.8. The van der Waals surface area contributed by atoms with Gasteiger partial charge < -0.3 is 14.5 Å². The number of methoxy groups -OCH3 is 1. The summed E-state index contributed by atoms with van der Waals surface area (Å²) < 4.78 is 5.44. The summed E-state index contributed by atoms with van der Waals surface area (Å²) in [6.07, 6.45) is 3.51. The molecule has 0 aromatic heterocycles. The van der Waals surface area contributed by atoms with Gasteiger partial charge >= 0.3 is 0 Å². The Morgan fingerprint density at radius 1 is 1.18 bits per heavy atom. The lowest BCUT2D eigenvalue weighted by Gasteiger charge is -2.38. The molecule has 1 atom stereocenters. The zero-order chi connectivity index (χ0) is 15.4. The Morgan fingerprint density at radius 3 is 2.64 bits per heavy atom. The summed E-state index contributed by atoms with van der Waals surface area (Å²) in [5, 5.41) is 0.201. The van der Waals surface area contributed by atoms with Crippen LogP contribution in [-0.4, -0.2) is 55.1 Å². The number of amides is 1. The molecule has 2 aliphatic rings. The first-order valence-corrected chi connectivity index (χ1v) is 9.13. The monoisotopic (exact) mass is 320 g/mol. The summed E-state index contributed by atoms with van der Waals surface area (Å²) in [5.74, 6) is 2.40. The SMILES string of the molecule is COc1ccccc1N1CCN(C(=O)C2CCCCS2)CC1. The molecule has 1 aromatic rings. The van der Waals surface area contributed by atoms with E-state index in [4.69, 9.17) is 4.74 Å². The molecular formula is C17H24N2O2S. The van der Waals surface area contributed by atoms with Gasteiger partial charge in [0.15, 0.2) is 0 Å². The molecule has 2 fully saturated rings. The number of rotatable bonds is 3. The molecule has 5 heteroatoms. The fourth-order valence-electron chi connectivity index (χ4n) is 3.20. The van der Waals surface area contributed by atoms with Crippen LogP contribution in [0.5, 0.6) is 5.75 Å². The first kappa shape index (κ1) is 15.5. The highest BCUT2D eigenvalue weighted by Crippen LogP contribution is 2.30. The number of anilines is 1. The number of para-hydroxylation sites is 2. The molecule has 22 heavy (non-hydrogen) atoms. The van der Waals surface area contributed by atoms with Crippen molar-refractivity contribution in [2.75, 3.05) is 43.9 Å². The van der Waals surface area contributed by atoms with Gasteiger partial charge in [0.1, 0.15) is 5.75 Å². The molecule has 1 amide bonds. The molecule has 0 bridgehead atoms. The van der Waals surface area contributed by atoms with Crippen molar-refractivity contribution in [1.82, 2.24) is 4.90 Å². The maximum Gasteiger partial charge on any atom is 0.235 e. The van der Waals surface area contributed by atoms with Crippen molar-refractivity contribution in [3.05, 3.63) is 24.3 Å². The second-order valence-corrected chi connectivity index (χ2v) is 7.15. The van der Waals surface area contributed by atoms with E-state index in [1.165, 1.54) is 12.8 Å². The molecule has 120 valence electrons. The number of hydrogen-bond donors (Lipinski definition) is 0. The van der Waals surface area contributed by atoms with Crippen LogP contribution in [-0.2, 0) is 4.79 Å². The van der Waals surface area contributed by atoms with Gasteiger partial charge in [0.2, 0.25) is 5.91 Å². The summed E-state index contributed by atoms with van der Waals surface area (Å²) in [6.45, 7) is 3.38. The summed E-state index contributed by atoms with van der Waals surface area (Å²) in [6, 6.07) is 8.11. The quantitative estimate of drug-likeness (QED) is 0.857. The molecule has 0 radical (unpaired) electrons. The Labute approximate surface area is 136 Å². The third-order valence-electron chi connectivity index (χ3n) is 4.47. The maximum atomic E-state index is 12.6. The number of carbonyl (C=O) groups is 1. The fraction of sp³-hybridized carbons (Fsp3) is 0.588. The van der Waals surface area contributed by atoms with Crippen molar-refractivity contribution in [3.8, 4) is 5.75 Å². The number of carbonyl (C=O) groups excluding carboxylic acids is 1. The number of thioether (sulfide) groups is 1. The Morgan fingerprint density at radius 2 is 1.95 bits per heavy atom. The topological polar surface area (TPSA) is 32.8 Å². The third kappa shape index (κ3) is 3.35. The van der Waals surface area contributed by atoms with Gasteiger partial charge in [-0.3, -0.25) is 4.79 Å². The molecule has 0 saturated carbocycles. The predicted octanol–water partition coefficient (Wildman–Crippen LogP) is 2.63. The number of nitrogens with zero attached hydrogens (tertiary/aromatic N) is 2. The van der Waals surface area contributed by atoms with Crippen molar-refractivity contribution < 1.29 is 9.53 Å². The van der Waals surface area contributed by atoms with Gasteiger partial charge in [-0.2, -0.15) is 0 Å². The predicted molar refractivity (Wildman–Crippen MR) is 91.9 cm³/mol. The van der Waals surface area contributed by atoms with Crippen LogP contribution in [0, 0.1) is 0 Å². The Kier molecular flexibility index (Phi) is 5.13. The molecule has 0 aliphatic carbocycles. The van der Waals surface area contributed by atoms with Crippen LogP contribution >= 0.6 is 11.8 Å². The van der Waals surface area contributed by atoms with Crippen LogP contribution in [0.1, 0.15) is 19.3 Å². The minimum atomic E-state index is 0.201. The van der Waals surface area contributed by atoms with E-state index in [0.29, 0.717) is 5.91 Å². The smallest absolute Gasteiger partial charge is 0.235 e. The standard InChI is InChI=1S/C17H24N2O2S/c1-21-15-7-3-2-6-14(15)18-9-11-19(12-10-18)17(20)16-8-4-5-13-22-16/h2-3,6-7,16H,4-5,8-13H2,1H3. The third-order valence-corrected chi connectivity index (χ3v) is 5.84. The Balaban J connectivity index is 1.59. The molecule has 2 saturated heterocycles. The Hall–Kier alpha value is -1.36. The number of benzene rings is 1. The van der Waals surface area contributed by atoms with Crippen molar-refractivity contribution in [2.24, 2.45) is 0 Å².